The topological polar surface area (TPSA) is 58.6 Å². The summed E-state index contributed by atoms with van der Waals surface area (Å²) in [6.07, 6.45) is 0.746. The van der Waals surface area contributed by atoms with E-state index in [1.54, 1.807) is 12.1 Å². The minimum Gasteiger partial charge on any atom is -0.494 e. The van der Waals surface area contributed by atoms with Crippen molar-refractivity contribution in [1.82, 2.24) is 0 Å². The molecule has 0 fully saturated rings. The molecule has 0 unspecified atom stereocenters. The third-order valence-corrected chi connectivity index (χ3v) is 4.62. The van der Waals surface area contributed by atoms with Crippen LogP contribution in [0, 0.1) is 13.8 Å². The van der Waals surface area contributed by atoms with Crippen molar-refractivity contribution in [2.75, 3.05) is 18.5 Å². The molecular weight excluding hydrogens is 394 g/mol. The molecular formula is C18H19BrClNO3. The standard InChI is InChI=1S/C18H19BrClNO3/c1-11-8-14(9-12(2)17(11)20)24-7-3-6-21-16-5-4-13(19)10-15(16)18(22)23/h4-5,8-10,21H,3,6-7H2,1-2H3,(H,22,23). The number of rotatable bonds is 7. The third kappa shape index (κ3) is 4.89. The van der Waals surface area contributed by atoms with Crippen LogP contribution in [0.25, 0.3) is 0 Å². The SMILES string of the molecule is Cc1cc(OCCCNc2ccc(Br)cc2C(=O)O)cc(C)c1Cl. The first-order valence-corrected chi connectivity index (χ1v) is 8.72. The lowest BCUT2D eigenvalue weighted by Crippen LogP contribution is -2.10. The average Bonchev–Trinajstić information content (AvgIpc) is 2.53. The first kappa shape index (κ1) is 18.6. The molecule has 24 heavy (non-hydrogen) atoms. The maximum Gasteiger partial charge on any atom is 0.337 e. The molecule has 0 saturated heterocycles. The summed E-state index contributed by atoms with van der Waals surface area (Å²) in [6.45, 7) is 5.05. The van der Waals surface area contributed by atoms with Crippen LogP contribution in [0.2, 0.25) is 5.02 Å². The summed E-state index contributed by atoms with van der Waals surface area (Å²) in [5.41, 5.74) is 2.83. The van der Waals surface area contributed by atoms with Gasteiger partial charge in [0.2, 0.25) is 0 Å². The molecule has 0 aromatic heterocycles. The summed E-state index contributed by atoms with van der Waals surface area (Å²) in [7, 11) is 0. The predicted molar refractivity (Wildman–Crippen MR) is 101 cm³/mol. The highest BCUT2D eigenvalue weighted by atomic mass is 79.9. The van der Waals surface area contributed by atoms with Gasteiger partial charge in [-0.1, -0.05) is 27.5 Å². The van der Waals surface area contributed by atoms with Crippen molar-refractivity contribution in [2.24, 2.45) is 0 Å². The lowest BCUT2D eigenvalue weighted by atomic mass is 10.1. The Kier molecular flexibility index (Phi) is 6.52. The number of hydrogen-bond acceptors (Lipinski definition) is 3. The molecule has 0 bridgehead atoms. The number of nitrogens with one attached hydrogen (secondary N) is 1. The number of halogens is 2. The van der Waals surface area contributed by atoms with E-state index in [4.69, 9.17) is 16.3 Å². The van der Waals surface area contributed by atoms with Gasteiger partial charge in [-0.15, -0.1) is 0 Å². The molecule has 0 spiro atoms. The maximum atomic E-state index is 11.2. The Labute approximate surface area is 154 Å². The van der Waals surface area contributed by atoms with Gasteiger partial charge in [0.15, 0.2) is 0 Å². The van der Waals surface area contributed by atoms with Crippen LogP contribution in [-0.2, 0) is 0 Å². The number of carbonyl (C=O) groups is 1. The maximum absolute atomic E-state index is 11.2. The van der Waals surface area contributed by atoms with Crippen LogP contribution >= 0.6 is 27.5 Å². The summed E-state index contributed by atoms with van der Waals surface area (Å²) in [5, 5.41) is 13.1. The van der Waals surface area contributed by atoms with Crippen LogP contribution in [0.1, 0.15) is 27.9 Å². The summed E-state index contributed by atoms with van der Waals surface area (Å²) in [4.78, 5) is 11.2. The van der Waals surface area contributed by atoms with Gasteiger partial charge in [0.05, 0.1) is 12.2 Å². The zero-order valence-corrected chi connectivity index (χ0v) is 15.9. The van der Waals surface area contributed by atoms with Gasteiger partial charge in [-0.25, -0.2) is 4.79 Å². The number of carboxylic acids is 1. The van der Waals surface area contributed by atoms with Gasteiger partial charge >= 0.3 is 5.97 Å². The Morgan fingerprint density at radius 3 is 2.54 bits per heavy atom. The smallest absolute Gasteiger partial charge is 0.337 e. The van der Waals surface area contributed by atoms with E-state index in [-0.39, 0.29) is 5.56 Å². The van der Waals surface area contributed by atoms with E-state index in [9.17, 15) is 9.90 Å². The quantitative estimate of drug-likeness (QED) is 0.606. The number of aryl methyl sites for hydroxylation is 2. The van der Waals surface area contributed by atoms with Gasteiger partial charge in [-0.3, -0.25) is 0 Å². The molecule has 128 valence electrons. The molecule has 0 radical (unpaired) electrons. The van der Waals surface area contributed by atoms with Crippen molar-refractivity contribution < 1.29 is 14.6 Å². The van der Waals surface area contributed by atoms with Crippen LogP contribution in [0.3, 0.4) is 0 Å². The highest BCUT2D eigenvalue weighted by Crippen LogP contribution is 2.26. The lowest BCUT2D eigenvalue weighted by Gasteiger charge is -2.12. The first-order valence-electron chi connectivity index (χ1n) is 7.54. The molecule has 6 heteroatoms. The summed E-state index contributed by atoms with van der Waals surface area (Å²) in [5.74, 6) is -0.161. The average molecular weight is 413 g/mol. The molecule has 0 aliphatic carbocycles. The summed E-state index contributed by atoms with van der Waals surface area (Å²) >= 11 is 9.42. The molecule has 4 nitrogen and oxygen atoms in total. The molecule has 0 saturated carbocycles. The molecule has 0 heterocycles. The van der Waals surface area contributed by atoms with E-state index in [2.05, 4.69) is 21.2 Å². The molecule has 0 aliphatic rings. The van der Waals surface area contributed by atoms with Gasteiger partial charge in [-0.2, -0.15) is 0 Å². The lowest BCUT2D eigenvalue weighted by molar-refractivity contribution is 0.0698. The first-order chi connectivity index (χ1) is 11.4. The number of hydrogen-bond donors (Lipinski definition) is 2. The minimum absolute atomic E-state index is 0.245. The number of aromatic carboxylic acids is 1. The van der Waals surface area contributed by atoms with Crippen molar-refractivity contribution >= 4 is 39.2 Å². The number of benzene rings is 2. The van der Waals surface area contributed by atoms with Gasteiger partial charge in [0.25, 0.3) is 0 Å². The molecule has 0 aliphatic heterocycles. The molecule has 0 atom stereocenters. The molecule has 2 rings (SSSR count). The van der Waals surface area contributed by atoms with Gasteiger partial charge in [-0.05, 0) is 61.7 Å². The van der Waals surface area contributed by atoms with Crippen LogP contribution in [0.4, 0.5) is 5.69 Å². The van der Waals surface area contributed by atoms with E-state index < -0.39 is 5.97 Å². The van der Waals surface area contributed by atoms with Crippen molar-refractivity contribution in [3.8, 4) is 5.75 Å². The largest absolute Gasteiger partial charge is 0.494 e. The van der Waals surface area contributed by atoms with E-state index in [1.807, 2.05) is 32.0 Å². The minimum atomic E-state index is -0.956. The van der Waals surface area contributed by atoms with E-state index in [0.717, 1.165) is 32.8 Å². The summed E-state index contributed by atoms with van der Waals surface area (Å²) < 4.78 is 6.47. The number of ether oxygens (including phenoxy) is 1. The highest BCUT2D eigenvalue weighted by molar-refractivity contribution is 9.10. The highest BCUT2D eigenvalue weighted by Gasteiger charge is 2.10. The van der Waals surface area contributed by atoms with Gasteiger partial charge in [0.1, 0.15) is 5.75 Å². The zero-order valence-electron chi connectivity index (χ0n) is 13.5. The number of anilines is 1. The van der Waals surface area contributed by atoms with Crippen molar-refractivity contribution in [2.45, 2.75) is 20.3 Å². The van der Waals surface area contributed by atoms with E-state index >= 15 is 0 Å². The molecule has 0 amide bonds. The number of carboxylic acid groups (broad SMARTS) is 1. The Morgan fingerprint density at radius 2 is 1.92 bits per heavy atom. The van der Waals surface area contributed by atoms with E-state index in [0.29, 0.717) is 18.8 Å². The van der Waals surface area contributed by atoms with Crippen LogP contribution in [0.5, 0.6) is 5.75 Å². The normalized spacial score (nSPS) is 10.5. The van der Waals surface area contributed by atoms with Crippen LogP contribution in [-0.4, -0.2) is 24.2 Å². The van der Waals surface area contributed by atoms with Gasteiger partial charge in [0, 0.05) is 21.7 Å². The fourth-order valence-electron chi connectivity index (χ4n) is 2.32. The third-order valence-electron chi connectivity index (χ3n) is 3.53. The molecule has 2 N–H and O–H groups in total. The monoisotopic (exact) mass is 411 g/mol. The Hall–Kier alpha value is -1.72. The van der Waals surface area contributed by atoms with Gasteiger partial charge < -0.3 is 15.2 Å². The fraction of sp³-hybridized carbons (Fsp3) is 0.278. The Morgan fingerprint density at radius 1 is 1.25 bits per heavy atom. The fourth-order valence-corrected chi connectivity index (χ4v) is 2.79. The second-order valence-electron chi connectivity index (χ2n) is 5.49. The predicted octanol–water partition coefficient (Wildman–Crippen LogP) is 5.30. The van der Waals surface area contributed by atoms with Crippen molar-refractivity contribution in [3.63, 3.8) is 0 Å². The molecule has 2 aromatic rings. The molecule has 2 aromatic carbocycles. The van der Waals surface area contributed by atoms with Crippen LogP contribution in [0.15, 0.2) is 34.8 Å². The summed E-state index contributed by atoms with van der Waals surface area (Å²) in [6, 6.07) is 8.98. The second-order valence-corrected chi connectivity index (χ2v) is 6.79. The Bertz CT molecular complexity index is 726. The zero-order chi connectivity index (χ0) is 17.7. The van der Waals surface area contributed by atoms with E-state index in [1.165, 1.54) is 0 Å². The van der Waals surface area contributed by atoms with Crippen molar-refractivity contribution in [3.05, 3.63) is 56.5 Å². The Balaban J connectivity index is 1.85. The van der Waals surface area contributed by atoms with Crippen molar-refractivity contribution in [1.29, 1.82) is 0 Å². The second kappa shape index (κ2) is 8.40. The van der Waals surface area contributed by atoms with Crippen LogP contribution < -0.4 is 10.1 Å².